The Hall–Kier alpha value is -3.78. The fourth-order valence-corrected chi connectivity index (χ4v) is 3.93. The van der Waals surface area contributed by atoms with Crippen LogP contribution in [0.1, 0.15) is 11.1 Å². The third kappa shape index (κ3) is 4.24. The molecule has 0 amide bonds. The number of H-pyrrole nitrogens is 1. The molecule has 0 radical (unpaired) electrons. The van der Waals surface area contributed by atoms with Crippen LogP contribution in [-0.2, 0) is 5.75 Å². The van der Waals surface area contributed by atoms with Gasteiger partial charge in [0.15, 0.2) is 0 Å². The highest BCUT2D eigenvalue weighted by atomic mass is 32.2. The van der Waals surface area contributed by atoms with Crippen LogP contribution in [-0.4, -0.2) is 30.8 Å². The summed E-state index contributed by atoms with van der Waals surface area (Å²) in [5, 5.41) is 23.3. The van der Waals surface area contributed by atoms with Crippen LogP contribution < -0.4 is 0 Å². The Morgan fingerprint density at radius 3 is 2.29 bits per heavy atom. The van der Waals surface area contributed by atoms with Crippen molar-refractivity contribution in [3.8, 4) is 34.0 Å². The molecule has 0 spiro atoms. The summed E-state index contributed by atoms with van der Waals surface area (Å²) in [4.78, 5) is 0. The molecule has 0 aliphatic heterocycles. The first kappa shape index (κ1) is 19.2. The van der Waals surface area contributed by atoms with E-state index in [4.69, 9.17) is 4.42 Å². The van der Waals surface area contributed by atoms with Gasteiger partial charge in [0.1, 0.15) is 0 Å². The molecule has 0 aliphatic carbocycles. The van der Waals surface area contributed by atoms with Gasteiger partial charge >= 0.3 is 0 Å². The van der Waals surface area contributed by atoms with Gasteiger partial charge in [-0.15, -0.1) is 20.4 Å². The van der Waals surface area contributed by atoms with Gasteiger partial charge in [0.05, 0.1) is 0 Å². The van der Waals surface area contributed by atoms with E-state index < -0.39 is 0 Å². The normalized spacial score (nSPS) is 11.0. The molecule has 7 nitrogen and oxygen atoms in total. The number of aromatic nitrogens is 6. The van der Waals surface area contributed by atoms with Crippen molar-refractivity contribution in [3.05, 3.63) is 83.9 Å². The number of hydrogen-bond acceptors (Lipinski definition) is 7. The van der Waals surface area contributed by atoms with E-state index in [1.165, 1.54) is 22.9 Å². The number of aromatic amines is 1. The number of aryl methyl sites for hydroxylation is 1. The summed E-state index contributed by atoms with van der Waals surface area (Å²) in [5.74, 6) is 1.86. The Balaban J connectivity index is 1.28. The molecule has 2 heterocycles. The minimum Gasteiger partial charge on any atom is -0.411 e. The lowest BCUT2D eigenvalue weighted by Crippen LogP contribution is -1.88. The Morgan fingerprint density at radius 1 is 0.806 bits per heavy atom. The maximum Gasteiger partial charge on any atom is 0.277 e. The maximum absolute atomic E-state index is 5.80. The van der Waals surface area contributed by atoms with Crippen molar-refractivity contribution < 1.29 is 4.42 Å². The van der Waals surface area contributed by atoms with Crippen molar-refractivity contribution in [2.24, 2.45) is 0 Å². The Kier molecular flexibility index (Phi) is 5.28. The quantitative estimate of drug-likeness (QED) is 0.374. The topological polar surface area (TPSA) is 93.4 Å². The molecule has 31 heavy (non-hydrogen) atoms. The average Bonchev–Trinajstić information content (AvgIpc) is 3.51. The SMILES string of the molecule is Cc1ccc(-c2nnc(SCc3ccc(-c4ccccc4-c4nn[nH]n4)cc3)o2)cc1. The number of hydrogen-bond donors (Lipinski definition) is 1. The molecule has 5 aromatic rings. The molecule has 0 aliphatic rings. The molecule has 0 unspecified atom stereocenters. The summed E-state index contributed by atoms with van der Waals surface area (Å²) in [6.45, 7) is 2.05. The van der Waals surface area contributed by atoms with E-state index in [1.54, 1.807) is 0 Å². The second kappa shape index (κ2) is 8.53. The average molecular weight is 427 g/mol. The second-order valence-electron chi connectivity index (χ2n) is 7.01. The van der Waals surface area contributed by atoms with Gasteiger partial charge < -0.3 is 4.42 Å². The minimum absolute atomic E-state index is 0.538. The molecular formula is C23H18N6OS. The van der Waals surface area contributed by atoms with Crippen molar-refractivity contribution in [2.45, 2.75) is 17.9 Å². The van der Waals surface area contributed by atoms with Crippen molar-refractivity contribution in [1.82, 2.24) is 30.8 Å². The summed E-state index contributed by atoms with van der Waals surface area (Å²) in [5.41, 5.74) is 6.38. The molecule has 0 fully saturated rings. The lowest BCUT2D eigenvalue weighted by Gasteiger charge is -2.07. The fraction of sp³-hybridized carbons (Fsp3) is 0.0870. The standard InChI is InChI=1S/C23H18N6OS/c1-15-6-10-18(11-7-15)22-26-27-23(30-22)31-14-16-8-12-17(13-9-16)19-4-2-3-5-20(19)21-24-28-29-25-21/h2-13H,14H2,1H3,(H,24,25,28,29). The number of rotatable bonds is 6. The fourth-order valence-electron chi connectivity index (χ4n) is 3.21. The van der Waals surface area contributed by atoms with Gasteiger partial charge in [-0.05, 0) is 41.0 Å². The molecule has 2 aromatic heterocycles. The first-order valence-corrected chi connectivity index (χ1v) is 10.7. The van der Waals surface area contributed by atoms with Crippen LogP contribution in [0.3, 0.4) is 0 Å². The van der Waals surface area contributed by atoms with E-state index in [9.17, 15) is 0 Å². The third-order valence-corrected chi connectivity index (χ3v) is 5.74. The van der Waals surface area contributed by atoms with Gasteiger partial charge in [0.25, 0.3) is 5.22 Å². The third-order valence-electron chi connectivity index (χ3n) is 4.85. The number of thioether (sulfide) groups is 1. The Bertz CT molecular complexity index is 1280. The van der Waals surface area contributed by atoms with Crippen molar-refractivity contribution >= 4 is 11.8 Å². The summed E-state index contributed by atoms with van der Waals surface area (Å²) >= 11 is 1.52. The Morgan fingerprint density at radius 2 is 1.55 bits per heavy atom. The highest BCUT2D eigenvalue weighted by Gasteiger charge is 2.12. The zero-order valence-corrected chi connectivity index (χ0v) is 17.5. The second-order valence-corrected chi connectivity index (χ2v) is 7.93. The van der Waals surface area contributed by atoms with Gasteiger partial charge in [-0.25, -0.2) is 0 Å². The number of nitrogens with one attached hydrogen (secondary N) is 1. The molecule has 0 atom stereocenters. The summed E-state index contributed by atoms with van der Waals surface area (Å²) < 4.78 is 5.80. The largest absolute Gasteiger partial charge is 0.411 e. The van der Waals surface area contributed by atoms with Gasteiger partial charge in [-0.1, -0.05) is 78.0 Å². The molecule has 0 bridgehead atoms. The van der Waals surface area contributed by atoms with Crippen LogP contribution in [0.4, 0.5) is 0 Å². The van der Waals surface area contributed by atoms with Gasteiger partial charge in [0, 0.05) is 16.9 Å². The van der Waals surface area contributed by atoms with Gasteiger partial charge in [0.2, 0.25) is 11.7 Å². The molecule has 1 N–H and O–H groups in total. The summed E-state index contributed by atoms with van der Waals surface area (Å²) in [7, 11) is 0. The molecule has 5 rings (SSSR count). The summed E-state index contributed by atoms with van der Waals surface area (Å²) in [6, 6.07) is 24.5. The van der Waals surface area contributed by atoms with Crippen molar-refractivity contribution in [3.63, 3.8) is 0 Å². The molecule has 152 valence electrons. The highest BCUT2D eigenvalue weighted by molar-refractivity contribution is 7.98. The zero-order chi connectivity index (χ0) is 21.0. The van der Waals surface area contributed by atoms with E-state index in [1.807, 2.05) is 49.4 Å². The van der Waals surface area contributed by atoms with Gasteiger partial charge in [-0.2, -0.15) is 5.21 Å². The monoisotopic (exact) mass is 426 g/mol. The minimum atomic E-state index is 0.538. The summed E-state index contributed by atoms with van der Waals surface area (Å²) in [6.07, 6.45) is 0. The molecule has 0 saturated heterocycles. The number of tetrazole rings is 1. The first-order valence-electron chi connectivity index (χ1n) is 9.72. The lowest BCUT2D eigenvalue weighted by molar-refractivity contribution is 0.466. The predicted octanol–water partition coefficient (Wildman–Crippen LogP) is 5.18. The molecule has 3 aromatic carbocycles. The first-order chi connectivity index (χ1) is 15.3. The van der Waals surface area contributed by atoms with Crippen LogP contribution in [0, 0.1) is 6.92 Å². The smallest absolute Gasteiger partial charge is 0.277 e. The van der Waals surface area contributed by atoms with E-state index in [-0.39, 0.29) is 0 Å². The van der Waals surface area contributed by atoms with E-state index in [0.29, 0.717) is 16.9 Å². The molecule has 0 saturated carbocycles. The van der Waals surface area contributed by atoms with Crippen LogP contribution in [0.15, 0.2) is 82.4 Å². The zero-order valence-electron chi connectivity index (χ0n) is 16.7. The van der Waals surface area contributed by atoms with Crippen LogP contribution >= 0.6 is 11.8 Å². The maximum atomic E-state index is 5.80. The van der Waals surface area contributed by atoms with E-state index >= 15 is 0 Å². The van der Waals surface area contributed by atoms with E-state index in [0.717, 1.165) is 28.0 Å². The number of benzene rings is 3. The van der Waals surface area contributed by atoms with Crippen LogP contribution in [0.5, 0.6) is 0 Å². The predicted molar refractivity (Wildman–Crippen MR) is 119 cm³/mol. The molecular weight excluding hydrogens is 408 g/mol. The lowest BCUT2D eigenvalue weighted by atomic mass is 9.98. The van der Waals surface area contributed by atoms with Crippen molar-refractivity contribution in [1.29, 1.82) is 0 Å². The Labute approximate surface area is 182 Å². The number of nitrogens with zero attached hydrogens (tertiary/aromatic N) is 5. The highest BCUT2D eigenvalue weighted by Crippen LogP contribution is 2.31. The van der Waals surface area contributed by atoms with Crippen molar-refractivity contribution in [2.75, 3.05) is 0 Å². The van der Waals surface area contributed by atoms with Gasteiger partial charge in [-0.3, -0.25) is 0 Å². The molecule has 8 heteroatoms. The van der Waals surface area contributed by atoms with Crippen LogP contribution in [0.2, 0.25) is 0 Å². The van der Waals surface area contributed by atoms with Crippen LogP contribution in [0.25, 0.3) is 34.0 Å². The van der Waals surface area contributed by atoms with E-state index in [2.05, 4.69) is 61.2 Å².